The predicted octanol–water partition coefficient (Wildman–Crippen LogP) is -0.544. The van der Waals surface area contributed by atoms with Gasteiger partial charge in [-0.2, -0.15) is 0 Å². The monoisotopic (exact) mass is 349 g/mol. The van der Waals surface area contributed by atoms with Crippen molar-refractivity contribution in [1.82, 2.24) is 5.32 Å². The van der Waals surface area contributed by atoms with Crippen molar-refractivity contribution < 1.29 is 38.4 Å². The van der Waals surface area contributed by atoms with Gasteiger partial charge in [-0.3, -0.25) is 4.79 Å². The summed E-state index contributed by atoms with van der Waals surface area (Å²) < 4.78 is 25.6. The fourth-order valence-corrected chi connectivity index (χ4v) is 1.37. The van der Waals surface area contributed by atoms with Crippen LogP contribution in [0.5, 0.6) is 0 Å². The van der Waals surface area contributed by atoms with Crippen LogP contribution in [0.1, 0.15) is 0 Å². The van der Waals surface area contributed by atoms with E-state index in [2.05, 4.69) is 16.6 Å². The zero-order valence-corrected chi connectivity index (χ0v) is 13.9. The predicted molar refractivity (Wildman–Crippen MR) is 84.9 cm³/mol. The molecule has 0 unspecified atom stereocenters. The van der Waals surface area contributed by atoms with E-state index in [1.807, 2.05) is 0 Å². The van der Waals surface area contributed by atoms with Gasteiger partial charge < -0.3 is 34.1 Å². The summed E-state index contributed by atoms with van der Waals surface area (Å²) >= 11 is 0. The summed E-state index contributed by atoms with van der Waals surface area (Å²) in [6.45, 7) is 6.80. The van der Waals surface area contributed by atoms with Crippen molar-refractivity contribution in [1.29, 1.82) is 0 Å². The summed E-state index contributed by atoms with van der Waals surface area (Å²) in [6, 6.07) is 0. The molecule has 0 rings (SSSR count). The number of carbonyl (C=O) groups is 2. The molecule has 0 heterocycles. The van der Waals surface area contributed by atoms with E-state index in [0.717, 1.165) is 0 Å². The molecule has 0 radical (unpaired) electrons. The summed E-state index contributed by atoms with van der Waals surface area (Å²) in [7, 11) is 0. The molecule has 2 N–H and O–H groups in total. The van der Waals surface area contributed by atoms with Gasteiger partial charge in [0, 0.05) is 6.54 Å². The van der Waals surface area contributed by atoms with Crippen molar-refractivity contribution in [2.45, 2.75) is 0 Å². The molecule has 0 aromatic heterocycles. The first kappa shape index (κ1) is 22.5. The molecule has 0 spiro atoms. The van der Waals surface area contributed by atoms with Crippen LogP contribution in [0.3, 0.4) is 0 Å². The van der Waals surface area contributed by atoms with Crippen molar-refractivity contribution >= 4 is 11.9 Å². The van der Waals surface area contributed by atoms with Gasteiger partial charge in [0.15, 0.2) is 0 Å². The average Bonchev–Trinajstić information content (AvgIpc) is 2.55. The Morgan fingerprint density at radius 2 is 1.38 bits per heavy atom. The molecular formula is C15H27NO8. The van der Waals surface area contributed by atoms with Crippen molar-refractivity contribution in [2.75, 3.05) is 72.6 Å². The Hall–Kier alpha value is -1.52. The molecule has 0 atom stereocenters. The number of hydrogen-bond donors (Lipinski definition) is 2. The summed E-state index contributed by atoms with van der Waals surface area (Å²) in [5.74, 6) is -1.50. The molecule has 0 fully saturated rings. The second-order valence-electron chi connectivity index (χ2n) is 4.44. The second kappa shape index (κ2) is 17.8. The molecule has 0 bridgehead atoms. The highest BCUT2D eigenvalue weighted by Crippen LogP contribution is 1.83. The topological polar surface area (TPSA) is 113 Å². The van der Waals surface area contributed by atoms with E-state index in [9.17, 15) is 9.59 Å². The van der Waals surface area contributed by atoms with Crippen molar-refractivity contribution in [3.8, 4) is 0 Å². The second-order valence-corrected chi connectivity index (χ2v) is 4.44. The van der Waals surface area contributed by atoms with Crippen LogP contribution in [-0.4, -0.2) is 89.6 Å². The Labute approximate surface area is 141 Å². The van der Waals surface area contributed by atoms with Crippen LogP contribution in [0, 0.1) is 0 Å². The zero-order chi connectivity index (χ0) is 17.9. The summed E-state index contributed by atoms with van der Waals surface area (Å²) in [4.78, 5) is 21.4. The largest absolute Gasteiger partial charge is 0.480 e. The van der Waals surface area contributed by atoms with Crippen LogP contribution in [0.4, 0.5) is 0 Å². The maximum atomic E-state index is 11.2. The standard InChI is InChI=1S/C15H27NO8/c1-2-4-20-6-8-22-10-11-23-9-7-21-5-3-16-14(17)12-24-13-15(18)19/h2H,1,3-13H2,(H,16,17)(H,18,19). The quantitative estimate of drug-likeness (QED) is 0.250. The first-order chi connectivity index (χ1) is 11.7. The first-order valence-electron chi connectivity index (χ1n) is 7.65. The maximum absolute atomic E-state index is 11.2. The van der Waals surface area contributed by atoms with Crippen LogP contribution in [0.25, 0.3) is 0 Å². The molecule has 0 aliphatic carbocycles. The molecule has 0 aromatic rings. The van der Waals surface area contributed by atoms with Crippen molar-refractivity contribution in [2.24, 2.45) is 0 Å². The highest BCUT2D eigenvalue weighted by atomic mass is 16.6. The molecule has 24 heavy (non-hydrogen) atoms. The Morgan fingerprint density at radius 1 is 0.833 bits per heavy atom. The van der Waals surface area contributed by atoms with Gasteiger partial charge in [-0.15, -0.1) is 6.58 Å². The van der Waals surface area contributed by atoms with Gasteiger partial charge in [-0.25, -0.2) is 4.79 Å². The van der Waals surface area contributed by atoms with Gasteiger partial charge >= 0.3 is 5.97 Å². The Morgan fingerprint density at radius 3 is 1.92 bits per heavy atom. The number of carboxylic acids is 1. The van der Waals surface area contributed by atoms with E-state index in [1.54, 1.807) is 6.08 Å². The molecule has 0 aromatic carbocycles. The van der Waals surface area contributed by atoms with Gasteiger partial charge in [0.2, 0.25) is 5.91 Å². The third-order valence-corrected chi connectivity index (χ3v) is 2.38. The highest BCUT2D eigenvalue weighted by molar-refractivity contribution is 5.77. The van der Waals surface area contributed by atoms with Gasteiger partial charge in [0.25, 0.3) is 0 Å². The lowest BCUT2D eigenvalue weighted by Crippen LogP contribution is -2.31. The molecule has 0 aliphatic rings. The molecular weight excluding hydrogens is 322 g/mol. The SMILES string of the molecule is C=CCOCCOCCOCCOCCNC(=O)COCC(=O)O. The third kappa shape index (κ3) is 18.5. The first-order valence-corrected chi connectivity index (χ1v) is 7.65. The molecule has 1 amide bonds. The van der Waals surface area contributed by atoms with Crippen LogP contribution in [0.2, 0.25) is 0 Å². The lowest BCUT2D eigenvalue weighted by Gasteiger charge is -2.08. The van der Waals surface area contributed by atoms with E-state index >= 15 is 0 Å². The fourth-order valence-electron chi connectivity index (χ4n) is 1.37. The van der Waals surface area contributed by atoms with E-state index in [1.165, 1.54) is 0 Å². The smallest absolute Gasteiger partial charge is 0.329 e. The van der Waals surface area contributed by atoms with Gasteiger partial charge in [0.05, 0.1) is 52.9 Å². The molecule has 0 saturated heterocycles. The van der Waals surface area contributed by atoms with Crippen LogP contribution < -0.4 is 5.32 Å². The third-order valence-electron chi connectivity index (χ3n) is 2.38. The number of rotatable bonds is 18. The van der Waals surface area contributed by atoms with E-state index in [4.69, 9.17) is 24.1 Å². The fraction of sp³-hybridized carbons (Fsp3) is 0.733. The average molecular weight is 349 g/mol. The van der Waals surface area contributed by atoms with Crippen LogP contribution in [0.15, 0.2) is 12.7 Å². The number of aliphatic carboxylic acids is 1. The lowest BCUT2D eigenvalue weighted by molar-refractivity contribution is -0.143. The Balaban J connectivity index is 3.13. The molecule has 0 saturated carbocycles. The van der Waals surface area contributed by atoms with E-state index in [0.29, 0.717) is 59.4 Å². The summed E-state index contributed by atoms with van der Waals surface area (Å²) in [6.07, 6.45) is 1.68. The van der Waals surface area contributed by atoms with Crippen molar-refractivity contribution in [3.63, 3.8) is 0 Å². The highest BCUT2D eigenvalue weighted by Gasteiger charge is 2.02. The normalized spacial score (nSPS) is 10.5. The summed E-state index contributed by atoms with van der Waals surface area (Å²) in [5, 5.41) is 10.9. The molecule has 140 valence electrons. The minimum atomic E-state index is -1.11. The van der Waals surface area contributed by atoms with E-state index < -0.39 is 12.6 Å². The number of nitrogens with one attached hydrogen (secondary N) is 1. The minimum Gasteiger partial charge on any atom is -0.480 e. The number of hydrogen-bond acceptors (Lipinski definition) is 7. The Bertz CT molecular complexity index is 337. The van der Waals surface area contributed by atoms with Gasteiger partial charge in [-0.05, 0) is 0 Å². The lowest BCUT2D eigenvalue weighted by atomic mass is 10.6. The van der Waals surface area contributed by atoms with E-state index in [-0.39, 0.29) is 12.5 Å². The zero-order valence-electron chi connectivity index (χ0n) is 13.9. The molecule has 0 aliphatic heterocycles. The van der Waals surface area contributed by atoms with Crippen LogP contribution in [-0.2, 0) is 33.3 Å². The molecule has 9 heteroatoms. The maximum Gasteiger partial charge on any atom is 0.329 e. The number of carbonyl (C=O) groups excluding carboxylic acids is 1. The Kier molecular flexibility index (Phi) is 16.7. The number of amides is 1. The number of carboxylic acid groups (broad SMARTS) is 1. The van der Waals surface area contributed by atoms with Gasteiger partial charge in [0.1, 0.15) is 13.2 Å². The van der Waals surface area contributed by atoms with Crippen molar-refractivity contribution in [3.05, 3.63) is 12.7 Å². The van der Waals surface area contributed by atoms with Crippen LogP contribution >= 0.6 is 0 Å². The molecule has 9 nitrogen and oxygen atoms in total. The van der Waals surface area contributed by atoms with Gasteiger partial charge in [-0.1, -0.05) is 6.08 Å². The number of ether oxygens (including phenoxy) is 5. The summed E-state index contributed by atoms with van der Waals surface area (Å²) in [5.41, 5.74) is 0. The minimum absolute atomic E-state index is 0.284.